The Balaban J connectivity index is 1.88. The lowest BCUT2D eigenvalue weighted by atomic mass is 9.99. The normalized spacial score (nSPS) is 18.3. The van der Waals surface area contributed by atoms with E-state index in [4.69, 9.17) is 0 Å². The van der Waals surface area contributed by atoms with Gasteiger partial charge < -0.3 is 0 Å². The molecule has 0 saturated heterocycles. The molecule has 10 heteroatoms. The van der Waals surface area contributed by atoms with Gasteiger partial charge in [-0.25, -0.2) is 8.42 Å². The molecule has 1 aromatic carbocycles. The predicted molar refractivity (Wildman–Crippen MR) is 109 cm³/mol. The first kappa shape index (κ1) is 20.4. The molecule has 3 rings (SSSR count). The van der Waals surface area contributed by atoms with E-state index in [1.807, 2.05) is 13.8 Å². The van der Waals surface area contributed by atoms with Crippen LogP contribution in [-0.2, 0) is 21.2 Å². The van der Waals surface area contributed by atoms with Gasteiger partial charge in [-0.1, -0.05) is 50.7 Å². The molecule has 0 aliphatic carbocycles. The number of aliphatic imine (C=N–C) groups is 1. The molecule has 1 amide bonds. The SMILES string of the molecule is CCCc1nnc(NC(=O)[C@@H](N=C2NS(=O)(=O)c3ccccc32)[C@@H](C)CC)s1. The van der Waals surface area contributed by atoms with Gasteiger partial charge in [-0.05, 0) is 24.5 Å². The minimum Gasteiger partial charge on any atom is -0.299 e. The van der Waals surface area contributed by atoms with Crippen LogP contribution >= 0.6 is 11.3 Å². The molecule has 0 fully saturated rings. The van der Waals surface area contributed by atoms with E-state index in [2.05, 4.69) is 32.2 Å². The van der Waals surface area contributed by atoms with E-state index in [0.29, 0.717) is 17.1 Å². The fourth-order valence-corrected chi connectivity index (χ4v) is 4.92. The smallest absolute Gasteiger partial charge is 0.263 e. The van der Waals surface area contributed by atoms with Gasteiger partial charge in [0.15, 0.2) is 0 Å². The molecule has 0 spiro atoms. The van der Waals surface area contributed by atoms with E-state index in [-0.39, 0.29) is 22.6 Å². The zero-order valence-electron chi connectivity index (χ0n) is 16.0. The lowest BCUT2D eigenvalue weighted by Gasteiger charge is -2.18. The number of rotatable bonds is 7. The van der Waals surface area contributed by atoms with E-state index in [1.54, 1.807) is 18.2 Å². The summed E-state index contributed by atoms with van der Waals surface area (Å²) in [6.45, 7) is 5.92. The van der Waals surface area contributed by atoms with Crippen molar-refractivity contribution in [1.82, 2.24) is 14.9 Å². The maximum atomic E-state index is 12.9. The van der Waals surface area contributed by atoms with Crippen molar-refractivity contribution in [2.75, 3.05) is 5.32 Å². The number of nitrogens with zero attached hydrogens (tertiary/aromatic N) is 3. The van der Waals surface area contributed by atoms with Gasteiger partial charge in [0.05, 0.1) is 4.90 Å². The van der Waals surface area contributed by atoms with E-state index in [0.717, 1.165) is 17.8 Å². The molecular weight excluding hydrogens is 398 g/mol. The third kappa shape index (κ3) is 4.22. The summed E-state index contributed by atoms with van der Waals surface area (Å²) in [4.78, 5) is 17.5. The Morgan fingerprint density at radius 3 is 2.75 bits per heavy atom. The molecule has 1 aromatic heterocycles. The summed E-state index contributed by atoms with van der Waals surface area (Å²) in [7, 11) is -3.65. The molecule has 2 N–H and O–H groups in total. The van der Waals surface area contributed by atoms with Crippen molar-refractivity contribution >= 4 is 38.2 Å². The van der Waals surface area contributed by atoms with Gasteiger partial charge in [-0.15, -0.1) is 10.2 Å². The Labute approximate surface area is 168 Å². The van der Waals surface area contributed by atoms with Crippen LogP contribution in [0.3, 0.4) is 0 Å². The average Bonchev–Trinajstić information content (AvgIpc) is 3.21. The standard InChI is InChI=1S/C18H23N5O3S2/c1-4-8-14-21-22-18(27-14)20-17(24)15(11(3)5-2)19-16-12-9-6-7-10-13(12)28(25,26)23-16/h6-7,9-11,15H,4-5,8H2,1-3H3,(H,19,23)(H,20,22,24)/t11-,15-/m0/s1. The second-order valence-corrected chi connectivity index (χ2v) is 9.36. The van der Waals surface area contributed by atoms with Gasteiger partial charge in [0.25, 0.3) is 15.9 Å². The number of carbonyl (C=O) groups is 1. The number of fused-ring (bicyclic) bond motifs is 1. The van der Waals surface area contributed by atoms with Gasteiger partial charge in [0, 0.05) is 12.0 Å². The summed E-state index contributed by atoms with van der Waals surface area (Å²) < 4.78 is 27.1. The number of benzene rings is 1. The van der Waals surface area contributed by atoms with Crippen LogP contribution in [0.5, 0.6) is 0 Å². The molecule has 28 heavy (non-hydrogen) atoms. The topological polar surface area (TPSA) is 113 Å². The summed E-state index contributed by atoms with van der Waals surface area (Å²) in [5.74, 6) is -0.225. The van der Waals surface area contributed by atoms with E-state index in [1.165, 1.54) is 17.4 Å². The molecule has 2 heterocycles. The van der Waals surface area contributed by atoms with Crippen LogP contribution in [-0.4, -0.2) is 36.4 Å². The second kappa shape index (κ2) is 8.36. The van der Waals surface area contributed by atoms with Crippen LogP contribution in [0.1, 0.15) is 44.2 Å². The molecule has 1 aliphatic rings. The monoisotopic (exact) mass is 421 g/mol. The Morgan fingerprint density at radius 1 is 1.29 bits per heavy atom. The number of hydrogen-bond donors (Lipinski definition) is 2. The minimum absolute atomic E-state index is 0.0900. The highest BCUT2D eigenvalue weighted by molar-refractivity contribution is 7.90. The predicted octanol–water partition coefficient (Wildman–Crippen LogP) is 2.58. The van der Waals surface area contributed by atoms with Crippen molar-refractivity contribution in [2.24, 2.45) is 10.9 Å². The Morgan fingerprint density at radius 2 is 2.04 bits per heavy atom. The number of sulfonamides is 1. The van der Waals surface area contributed by atoms with Crippen molar-refractivity contribution in [3.05, 3.63) is 34.8 Å². The number of nitrogens with one attached hydrogen (secondary N) is 2. The first-order valence-corrected chi connectivity index (χ1v) is 11.5. The molecule has 1 aliphatic heterocycles. The number of amidine groups is 1. The fourth-order valence-electron chi connectivity index (χ4n) is 2.83. The Kier molecular flexibility index (Phi) is 6.09. The van der Waals surface area contributed by atoms with Crippen molar-refractivity contribution in [2.45, 2.75) is 51.0 Å². The van der Waals surface area contributed by atoms with Crippen LogP contribution in [0.25, 0.3) is 0 Å². The third-order valence-electron chi connectivity index (χ3n) is 4.54. The fraction of sp³-hybridized carbons (Fsp3) is 0.444. The van der Waals surface area contributed by atoms with Crippen molar-refractivity contribution < 1.29 is 13.2 Å². The van der Waals surface area contributed by atoms with E-state index < -0.39 is 16.1 Å². The summed E-state index contributed by atoms with van der Waals surface area (Å²) in [5, 5.41) is 12.1. The maximum Gasteiger partial charge on any atom is 0.263 e. The van der Waals surface area contributed by atoms with Gasteiger partial charge in [0.2, 0.25) is 5.13 Å². The number of amides is 1. The van der Waals surface area contributed by atoms with Crippen LogP contribution in [0.15, 0.2) is 34.2 Å². The largest absolute Gasteiger partial charge is 0.299 e. The summed E-state index contributed by atoms with van der Waals surface area (Å²) in [6, 6.07) is 5.84. The maximum absolute atomic E-state index is 12.9. The van der Waals surface area contributed by atoms with Gasteiger partial charge in [-0.3, -0.25) is 19.8 Å². The molecular formula is C18H23N5O3S2. The average molecular weight is 422 g/mol. The summed E-state index contributed by atoms with van der Waals surface area (Å²) >= 11 is 1.34. The number of anilines is 1. The lowest BCUT2D eigenvalue weighted by Crippen LogP contribution is -2.34. The number of aryl methyl sites for hydroxylation is 1. The van der Waals surface area contributed by atoms with Gasteiger partial charge in [-0.2, -0.15) is 0 Å². The molecule has 2 atom stereocenters. The van der Waals surface area contributed by atoms with E-state index in [9.17, 15) is 13.2 Å². The molecule has 150 valence electrons. The molecule has 2 aromatic rings. The second-order valence-electron chi connectivity index (χ2n) is 6.65. The highest BCUT2D eigenvalue weighted by atomic mass is 32.2. The molecule has 0 saturated carbocycles. The van der Waals surface area contributed by atoms with Gasteiger partial charge in [0.1, 0.15) is 16.9 Å². The Hall–Kier alpha value is -2.33. The van der Waals surface area contributed by atoms with Crippen LogP contribution < -0.4 is 10.0 Å². The molecule has 0 bridgehead atoms. The number of hydrogen-bond acceptors (Lipinski definition) is 7. The highest BCUT2D eigenvalue weighted by Crippen LogP contribution is 2.25. The van der Waals surface area contributed by atoms with E-state index >= 15 is 0 Å². The third-order valence-corrected chi connectivity index (χ3v) is 6.84. The van der Waals surface area contributed by atoms with Crippen molar-refractivity contribution in [3.8, 4) is 0 Å². The summed E-state index contributed by atoms with van der Waals surface area (Å²) in [6.07, 6.45) is 2.47. The van der Waals surface area contributed by atoms with Crippen molar-refractivity contribution in [1.29, 1.82) is 0 Å². The van der Waals surface area contributed by atoms with Crippen LogP contribution in [0.2, 0.25) is 0 Å². The quantitative estimate of drug-likeness (QED) is 0.713. The molecule has 8 nitrogen and oxygen atoms in total. The first-order valence-electron chi connectivity index (χ1n) is 9.19. The van der Waals surface area contributed by atoms with Crippen molar-refractivity contribution in [3.63, 3.8) is 0 Å². The summed E-state index contributed by atoms with van der Waals surface area (Å²) in [5.41, 5.74) is 0.477. The first-order chi connectivity index (χ1) is 13.4. The highest BCUT2D eigenvalue weighted by Gasteiger charge is 2.33. The van der Waals surface area contributed by atoms with Crippen LogP contribution in [0.4, 0.5) is 5.13 Å². The number of aromatic nitrogens is 2. The lowest BCUT2D eigenvalue weighted by molar-refractivity contribution is -0.118. The minimum atomic E-state index is -3.65. The van der Waals surface area contributed by atoms with Gasteiger partial charge >= 0.3 is 0 Å². The number of carbonyl (C=O) groups excluding carboxylic acids is 1. The molecule has 0 unspecified atom stereocenters. The Bertz CT molecular complexity index is 1000. The van der Waals surface area contributed by atoms with Crippen LogP contribution in [0, 0.1) is 5.92 Å². The zero-order valence-corrected chi connectivity index (χ0v) is 17.6. The zero-order chi connectivity index (χ0) is 20.3. The molecule has 0 radical (unpaired) electrons.